The first-order valence-corrected chi connectivity index (χ1v) is 8.52. The Morgan fingerprint density at radius 1 is 1.12 bits per heavy atom. The standard InChI is InChI=1S/C18H20N2O3S/c1-23-15-9-7-14(8-10-15)17(24-12-20-18(19)22)11-16(21)13-5-3-2-4-6-13/h2-10,17H,11-12H2,1H3,(H3,19,20,22). The number of thioether (sulfide) groups is 1. The van der Waals surface area contributed by atoms with E-state index in [0.717, 1.165) is 11.3 Å². The van der Waals surface area contributed by atoms with Gasteiger partial charge in [0.2, 0.25) is 0 Å². The molecule has 2 amide bonds. The van der Waals surface area contributed by atoms with Gasteiger partial charge in [-0.15, -0.1) is 11.8 Å². The quantitative estimate of drug-likeness (QED) is 0.568. The van der Waals surface area contributed by atoms with Crippen molar-refractivity contribution in [2.75, 3.05) is 13.0 Å². The van der Waals surface area contributed by atoms with Crippen molar-refractivity contribution in [2.45, 2.75) is 11.7 Å². The molecule has 5 nitrogen and oxygen atoms in total. The Morgan fingerprint density at radius 2 is 1.79 bits per heavy atom. The van der Waals surface area contributed by atoms with E-state index in [2.05, 4.69) is 5.32 Å². The average Bonchev–Trinajstić information content (AvgIpc) is 2.61. The lowest BCUT2D eigenvalue weighted by atomic mass is 10.0. The Labute approximate surface area is 145 Å². The summed E-state index contributed by atoms with van der Waals surface area (Å²) in [6.07, 6.45) is 0.335. The highest BCUT2D eigenvalue weighted by Gasteiger charge is 2.18. The van der Waals surface area contributed by atoms with Gasteiger partial charge in [0.1, 0.15) is 5.75 Å². The van der Waals surface area contributed by atoms with E-state index in [9.17, 15) is 9.59 Å². The molecule has 0 fully saturated rings. The van der Waals surface area contributed by atoms with Gasteiger partial charge >= 0.3 is 6.03 Å². The van der Waals surface area contributed by atoms with Crippen LogP contribution in [0.2, 0.25) is 0 Å². The van der Waals surface area contributed by atoms with E-state index in [1.165, 1.54) is 11.8 Å². The van der Waals surface area contributed by atoms with Crippen LogP contribution in [0.15, 0.2) is 54.6 Å². The zero-order valence-corrected chi connectivity index (χ0v) is 14.2. The molecule has 0 aliphatic carbocycles. The van der Waals surface area contributed by atoms with E-state index >= 15 is 0 Å². The summed E-state index contributed by atoms with van der Waals surface area (Å²) in [7, 11) is 1.61. The van der Waals surface area contributed by atoms with E-state index < -0.39 is 6.03 Å². The van der Waals surface area contributed by atoms with Crippen molar-refractivity contribution in [1.29, 1.82) is 0 Å². The molecule has 3 N–H and O–H groups in total. The fraction of sp³-hybridized carbons (Fsp3) is 0.222. The maximum Gasteiger partial charge on any atom is 0.312 e. The molecule has 0 bridgehead atoms. The molecule has 0 saturated heterocycles. The van der Waals surface area contributed by atoms with E-state index in [1.54, 1.807) is 19.2 Å². The highest BCUT2D eigenvalue weighted by Crippen LogP contribution is 2.33. The van der Waals surface area contributed by atoms with Gasteiger partial charge < -0.3 is 15.8 Å². The van der Waals surface area contributed by atoms with Crippen LogP contribution >= 0.6 is 11.8 Å². The number of hydrogen-bond donors (Lipinski definition) is 2. The number of amides is 2. The number of ketones is 1. The number of methoxy groups -OCH3 is 1. The van der Waals surface area contributed by atoms with Gasteiger partial charge in [-0.05, 0) is 17.7 Å². The summed E-state index contributed by atoms with van der Waals surface area (Å²) < 4.78 is 5.16. The number of rotatable bonds is 8. The summed E-state index contributed by atoms with van der Waals surface area (Å²) in [5.41, 5.74) is 6.78. The minimum Gasteiger partial charge on any atom is -0.497 e. The minimum atomic E-state index is -0.578. The van der Waals surface area contributed by atoms with Crippen molar-refractivity contribution in [3.8, 4) is 5.75 Å². The van der Waals surface area contributed by atoms with Gasteiger partial charge in [0, 0.05) is 17.2 Å². The zero-order chi connectivity index (χ0) is 17.4. The summed E-state index contributed by atoms with van der Waals surface area (Å²) in [6.45, 7) is 0. The monoisotopic (exact) mass is 344 g/mol. The highest BCUT2D eigenvalue weighted by molar-refractivity contribution is 7.99. The van der Waals surface area contributed by atoms with E-state index in [-0.39, 0.29) is 11.0 Å². The van der Waals surface area contributed by atoms with Crippen LogP contribution in [0.5, 0.6) is 5.75 Å². The first kappa shape index (κ1) is 17.9. The number of nitrogens with one attached hydrogen (secondary N) is 1. The fourth-order valence-electron chi connectivity index (χ4n) is 2.22. The van der Waals surface area contributed by atoms with Gasteiger partial charge in [-0.25, -0.2) is 4.79 Å². The molecule has 24 heavy (non-hydrogen) atoms. The second kappa shape index (κ2) is 8.98. The lowest BCUT2D eigenvalue weighted by Gasteiger charge is -2.17. The third-order valence-electron chi connectivity index (χ3n) is 3.49. The lowest BCUT2D eigenvalue weighted by Crippen LogP contribution is -2.29. The lowest BCUT2D eigenvalue weighted by molar-refractivity contribution is 0.0982. The summed E-state index contributed by atoms with van der Waals surface area (Å²) in [4.78, 5) is 23.4. The Kier molecular flexibility index (Phi) is 6.69. The summed E-state index contributed by atoms with van der Waals surface area (Å²) in [5, 5.41) is 2.46. The number of urea groups is 1. The molecule has 0 aliphatic rings. The second-order valence-electron chi connectivity index (χ2n) is 5.11. The normalized spacial score (nSPS) is 11.5. The second-order valence-corrected chi connectivity index (χ2v) is 6.30. The van der Waals surface area contributed by atoms with Gasteiger partial charge in [0.25, 0.3) is 0 Å². The number of Topliss-reactive ketones (excluding diaryl/α,β-unsaturated/α-hetero) is 1. The van der Waals surface area contributed by atoms with Gasteiger partial charge in [-0.2, -0.15) is 0 Å². The van der Waals surface area contributed by atoms with Crippen molar-refractivity contribution in [1.82, 2.24) is 5.32 Å². The van der Waals surface area contributed by atoms with E-state index in [1.807, 2.05) is 42.5 Å². The number of hydrogen-bond acceptors (Lipinski definition) is 4. The predicted molar refractivity (Wildman–Crippen MR) is 96.3 cm³/mol. The zero-order valence-electron chi connectivity index (χ0n) is 13.4. The third-order valence-corrected chi connectivity index (χ3v) is 4.64. The number of nitrogens with two attached hydrogens (primary N) is 1. The predicted octanol–water partition coefficient (Wildman–Crippen LogP) is 3.37. The third kappa shape index (κ3) is 5.31. The number of benzene rings is 2. The Hall–Kier alpha value is -2.47. The molecule has 0 heterocycles. The van der Waals surface area contributed by atoms with Gasteiger partial charge in [0.15, 0.2) is 5.78 Å². The molecule has 1 atom stereocenters. The van der Waals surface area contributed by atoms with Crippen molar-refractivity contribution in [3.05, 3.63) is 65.7 Å². The molecular formula is C18H20N2O3S. The van der Waals surface area contributed by atoms with Crippen LogP contribution in [-0.2, 0) is 0 Å². The van der Waals surface area contributed by atoms with Crippen LogP contribution in [0.1, 0.15) is 27.6 Å². The Bertz CT molecular complexity index is 674. The summed E-state index contributed by atoms with van der Waals surface area (Å²) >= 11 is 1.47. The number of carbonyl (C=O) groups excluding carboxylic acids is 2. The molecule has 0 aromatic heterocycles. The van der Waals surface area contributed by atoms with E-state index in [4.69, 9.17) is 10.5 Å². The Morgan fingerprint density at radius 3 is 2.38 bits per heavy atom. The van der Waals surface area contributed by atoms with Crippen LogP contribution in [0, 0.1) is 0 Å². The SMILES string of the molecule is COc1ccc(C(CC(=O)c2ccccc2)SCNC(N)=O)cc1. The molecule has 0 saturated carbocycles. The fourth-order valence-corrected chi connectivity index (χ4v) is 3.26. The van der Waals surface area contributed by atoms with Crippen LogP contribution in [0.4, 0.5) is 4.79 Å². The molecule has 0 spiro atoms. The number of ether oxygens (including phenoxy) is 1. The molecule has 0 aliphatic heterocycles. The smallest absolute Gasteiger partial charge is 0.312 e. The molecule has 2 aromatic carbocycles. The number of carbonyl (C=O) groups is 2. The van der Waals surface area contributed by atoms with Crippen molar-refractivity contribution >= 4 is 23.6 Å². The first-order valence-electron chi connectivity index (χ1n) is 7.47. The minimum absolute atomic E-state index is 0.0583. The van der Waals surface area contributed by atoms with Gasteiger partial charge in [-0.1, -0.05) is 42.5 Å². The molecule has 1 unspecified atom stereocenters. The molecule has 0 radical (unpaired) electrons. The molecule has 2 rings (SSSR count). The van der Waals surface area contributed by atoms with Gasteiger partial charge in [0.05, 0.1) is 13.0 Å². The molecule has 126 valence electrons. The maximum absolute atomic E-state index is 12.5. The largest absolute Gasteiger partial charge is 0.497 e. The van der Waals surface area contributed by atoms with Crippen LogP contribution in [-0.4, -0.2) is 24.8 Å². The van der Waals surface area contributed by atoms with E-state index in [0.29, 0.717) is 17.9 Å². The maximum atomic E-state index is 12.5. The molecular weight excluding hydrogens is 324 g/mol. The van der Waals surface area contributed by atoms with Crippen molar-refractivity contribution in [3.63, 3.8) is 0 Å². The van der Waals surface area contributed by atoms with Crippen molar-refractivity contribution < 1.29 is 14.3 Å². The average molecular weight is 344 g/mol. The van der Waals surface area contributed by atoms with Gasteiger partial charge in [-0.3, -0.25) is 4.79 Å². The number of primary amides is 1. The Balaban J connectivity index is 2.12. The topological polar surface area (TPSA) is 81.4 Å². The van der Waals surface area contributed by atoms with Crippen LogP contribution in [0.25, 0.3) is 0 Å². The summed E-state index contributed by atoms with van der Waals surface area (Å²) in [6, 6.07) is 16.2. The van der Waals surface area contributed by atoms with Crippen molar-refractivity contribution in [2.24, 2.45) is 5.73 Å². The highest BCUT2D eigenvalue weighted by atomic mass is 32.2. The first-order chi connectivity index (χ1) is 11.6. The van der Waals surface area contributed by atoms with Crippen LogP contribution in [0.3, 0.4) is 0 Å². The molecule has 6 heteroatoms. The van der Waals surface area contributed by atoms with Crippen LogP contribution < -0.4 is 15.8 Å². The molecule has 2 aromatic rings. The summed E-state index contributed by atoms with van der Waals surface area (Å²) in [5.74, 6) is 1.16.